The van der Waals surface area contributed by atoms with Crippen LogP contribution < -0.4 is 4.74 Å². The second-order valence-electron chi connectivity index (χ2n) is 8.81. The van der Waals surface area contributed by atoms with E-state index in [0.717, 1.165) is 36.6 Å². The minimum atomic E-state index is -1.56. The Morgan fingerprint density at radius 1 is 0.676 bits per heavy atom. The fraction of sp³-hybridized carbons (Fsp3) is 0.226. The predicted octanol–water partition coefficient (Wildman–Crippen LogP) is 8.29. The number of benzene rings is 4. The quantitative estimate of drug-likeness (QED) is 0.101. The standard InChI is InChI=1S/C31H25F5O/c1-2-3-4-15-37-24-11-7-20(8-12-24)5-6-22-17-27(32)26(28(33)18-22)14-10-21-9-13-25-23(16-21)19-29(34)31(36)30(25)35/h7-9,11-13,16-19H,2-6,15H2,1H3. The van der Waals surface area contributed by atoms with Crippen LogP contribution in [0.4, 0.5) is 22.0 Å². The Labute approximate surface area is 212 Å². The minimum Gasteiger partial charge on any atom is -0.494 e. The third kappa shape index (κ3) is 6.48. The van der Waals surface area contributed by atoms with Gasteiger partial charge in [-0.1, -0.05) is 49.8 Å². The molecule has 0 unspecified atom stereocenters. The zero-order valence-electron chi connectivity index (χ0n) is 20.3. The lowest BCUT2D eigenvalue weighted by atomic mass is 10.0. The summed E-state index contributed by atoms with van der Waals surface area (Å²) in [5.74, 6) is 0.106. The summed E-state index contributed by atoms with van der Waals surface area (Å²) in [6.07, 6.45) is 4.32. The molecule has 0 aliphatic rings. The molecule has 0 amide bonds. The van der Waals surface area contributed by atoms with E-state index in [9.17, 15) is 22.0 Å². The molecule has 0 heterocycles. The van der Waals surface area contributed by atoms with Gasteiger partial charge in [0.25, 0.3) is 0 Å². The molecule has 190 valence electrons. The summed E-state index contributed by atoms with van der Waals surface area (Å²) in [5, 5.41) is -0.0177. The molecule has 0 N–H and O–H groups in total. The number of hydrogen-bond donors (Lipinski definition) is 0. The average molecular weight is 509 g/mol. The minimum absolute atomic E-state index is 0.0931. The van der Waals surface area contributed by atoms with Gasteiger partial charge in [-0.2, -0.15) is 0 Å². The predicted molar refractivity (Wildman–Crippen MR) is 135 cm³/mol. The van der Waals surface area contributed by atoms with Gasteiger partial charge in [0.15, 0.2) is 17.5 Å². The van der Waals surface area contributed by atoms with Crippen molar-refractivity contribution in [3.8, 4) is 17.6 Å². The zero-order valence-corrected chi connectivity index (χ0v) is 20.3. The molecule has 0 spiro atoms. The van der Waals surface area contributed by atoms with Gasteiger partial charge in [-0.25, -0.2) is 22.0 Å². The molecule has 37 heavy (non-hydrogen) atoms. The molecule has 0 radical (unpaired) electrons. The van der Waals surface area contributed by atoms with Crippen molar-refractivity contribution in [3.63, 3.8) is 0 Å². The highest BCUT2D eigenvalue weighted by Gasteiger charge is 2.14. The molecule has 0 saturated carbocycles. The number of rotatable bonds is 8. The van der Waals surface area contributed by atoms with Crippen LogP contribution in [0.15, 0.2) is 60.7 Å². The Balaban J connectivity index is 1.43. The molecule has 0 atom stereocenters. The molecule has 0 fully saturated rings. The van der Waals surface area contributed by atoms with E-state index < -0.39 is 34.6 Å². The third-order valence-electron chi connectivity index (χ3n) is 6.05. The van der Waals surface area contributed by atoms with Crippen molar-refractivity contribution in [2.45, 2.75) is 39.0 Å². The van der Waals surface area contributed by atoms with Gasteiger partial charge in [0.1, 0.15) is 17.4 Å². The Morgan fingerprint density at radius 2 is 1.38 bits per heavy atom. The van der Waals surface area contributed by atoms with Gasteiger partial charge in [0.2, 0.25) is 0 Å². The number of aryl methyl sites for hydroxylation is 2. The molecule has 6 heteroatoms. The normalized spacial score (nSPS) is 10.9. The summed E-state index contributed by atoms with van der Waals surface area (Å²) in [6, 6.07) is 15.0. The third-order valence-corrected chi connectivity index (χ3v) is 6.05. The smallest absolute Gasteiger partial charge is 0.195 e. The maximum atomic E-state index is 14.7. The van der Waals surface area contributed by atoms with E-state index >= 15 is 0 Å². The number of unbranched alkanes of at least 4 members (excludes halogenated alkanes) is 2. The van der Waals surface area contributed by atoms with Gasteiger partial charge in [0, 0.05) is 10.9 Å². The van der Waals surface area contributed by atoms with Crippen molar-refractivity contribution in [1.29, 1.82) is 0 Å². The molecule has 0 bridgehead atoms. The summed E-state index contributed by atoms with van der Waals surface area (Å²) < 4.78 is 75.9. The summed E-state index contributed by atoms with van der Waals surface area (Å²) in [6.45, 7) is 2.82. The fourth-order valence-corrected chi connectivity index (χ4v) is 3.99. The van der Waals surface area contributed by atoms with Crippen molar-refractivity contribution in [3.05, 3.63) is 112 Å². The second kappa shape index (κ2) is 11.9. The van der Waals surface area contributed by atoms with Gasteiger partial charge in [0.05, 0.1) is 12.2 Å². The highest BCUT2D eigenvalue weighted by molar-refractivity contribution is 5.84. The number of fused-ring (bicyclic) bond motifs is 1. The van der Waals surface area contributed by atoms with Crippen molar-refractivity contribution in [2.24, 2.45) is 0 Å². The van der Waals surface area contributed by atoms with E-state index in [1.54, 1.807) is 0 Å². The maximum absolute atomic E-state index is 14.7. The molecule has 0 aromatic heterocycles. The molecule has 0 aliphatic carbocycles. The lowest BCUT2D eigenvalue weighted by molar-refractivity contribution is 0.306. The van der Waals surface area contributed by atoms with Crippen molar-refractivity contribution in [2.75, 3.05) is 6.61 Å². The van der Waals surface area contributed by atoms with E-state index in [4.69, 9.17) is 4.74 Å². The van der Waals surface area contributed by atoms with Crippen LogP contribution in [0.5, 0.6) is 5.75 Å². The van der Waals surface area contributed by atoms with Crippen molar-refractivity contribution >= 4 is 10.8 Å². The monoisotopic (exact) mass is 508 g/mol. The molecular formula is C31H25F5O. The van der Waals surface area contributed by atoms with Gasteiger partial charge < -0.3 is 4.74 Å². The average Bonchev–Trinajstić information content (AvgIpc) is 2.89. The number of hydrogen-bond acceptors (Lipinski definition) is 1. The Morgan fingerprint density at radius 3 is 2.08 bits per heavy atom. The van der Waals surface area contributed by atoms with Gasteiger partial charge in [-0.15, -0.1) is 0 Å². The second-order valence-corrected chi connectivity index (χ2v) is 8.81. The Kier molecular flexibility index (Phi) is 8.45. The van der Waals surface area contributed by atoms with Gasteiger partial charge in [-0.05, 0) is 78.2 Å². The molecule has 0 saturated heterocycles. The summed E-state index contributed by atoms with van der Waals surface area (Å²) in [7, 11) is 0. The first kappa shape index (κ1) is 26.2. The van der Waals surface area contributed by atoms with Crippen LogP contribution in [0.2, 0.25) is 0 Å². The van der Waals surface area contributed by atoms with E-state index in [-0.39, 0.29) is 16.3 Å². The largest absolute Gasteiger partial charge is 0.494 e. The molecule has 4 rings (SSSR count). The fourth-order valence-electron chi connectivity index (χ4n) is 3.99. The van der Waals surface area contributed by atoms with Gasteiger partial charge in [-0.3, -0.25) is 0 Å². The van der Waals surface area contributed by atoms with Gasteiger partial charge >= 0.3 is 0 Å². The molecule has 0 aliphatic heterocycles. The van der Waals surface area contributed by atoms with Crippen LogP contribution in [0.25, 0.3) is 10.8 Å². The number of ether oxygens (including phenoxy) is 1. The van der Waals surface area contributed by atoms with Crippen LogP contribution >= 0.6 is 0 Å². The Bertz CT molecular complexity index is 1440. The first-order chi connectivity index (χ1) is 17.9. The number of halogens is 5. The summed E-state index contributed by atoms with van der Waals surface area (Å²) in [5.41, 5.74) is 1.40. The molecular weight excluding hydrogens is 483 g/mol. The van der Waals surface area contributed by atoms with Crippen LogP contribution in [0.3, 0.4) is 0 Å². The molecule has 4 aromatic carbocycles. The topological polar surface area (TPSA) is 9.23 Å². The highest BCUT2D eigenvalue weighted by Crippen LogP contribution is 2.24. The first-order valence-electron chi connectivity index (χ1n) is 12.1. The lowest BCUT2D eigenvalue weighted by Crippen LogP contribution is -1.99. The van der Waals surface area contributed by atoms with Crippen LogP contribution in [0.1, 0.15) is 48.4 Å². The molecule has 1 nitrogen and oxygen atoms in total. The van der Waals surface area contributed by atoms with E-state index in [0.29, 0.717) is 25.0 Å². The van der Waals surface area contributed by atoms with Crippen molar-refractivity contribution < 1.29 is 26.7 Å². The van der Waals surface area contributed by atoms with Crippen molar-refractivity contribution in [1.82, 2.24) is 0 Å². The summed E-state index contributed by atoms with van der Waals surface area (Å²) in [4.78, 5) is 0. The van der Waals surface area contributed by atoms with E-state index in [2.05, 4.69) is 18.8 Å². The van der Waals surface area contributed by atoms with Crippen LogP contribution in [-0.2, 0) is 12.8 Å². The van der Waals surface area contributed by atoms with E-state index in [1.165, 1.54) is 30.3 Å². The Hall–Kier alpha value is -3.85. The summed E-state index contributed by atoms with van der Waals surface area (Å²) >= 11 is 0. The molecule has 4 aromatic rings. The lowest BCUT2D eigenvalue weighted by Gasteiger charge is -2.08. The first-order valence-corrected chi connectivity index (χ1v) is 12.1. The van der Waals surface area contributed by atoms with Crippen LogP contribution in [-0.4, -0.2) is 6.61 Å². The highest BCUT2D eigenvalue weighted by atomic mass is 19.2. The van der Waals surface area contributed by atoms with Crippen LogP contribution in [0, 0.1) is 40.9 Å². The van der Waals surface area contributed by atoms with E-state index in [1.807, 2.05) is 24.3 Å². The SMILES string of the molecule is CCCCCOc1ccc(CCc2cc(F)c(C#Cc3ccc4c(F)c(F)c(F)cc4c3)c(F)c2)cc1. The zero-order chi connectivity index (χ0) is 26.4. The maximum Gasteiger partial charge on any atom is 0.195 e.